The van der Waals surface area contributed by atoms with Gasteiger partial charge < -0.3 is 30.1 Å². The van der Waals surface area contributed by atoms with Gasteiger partial charge in [-0.05, 0) is 6.42 Å². The minimum Gasteiger partial charge on any atom is -0.394 e. The Morgan fingerprint density at radius 3 is 2.20 bits per heavy atom. The molecule has 1 aliphatic heterocycles. The number of unbranched alkanes of at least 4 members (excludes halogenated alkanes) is 7. The fraction of sp³-hybridized carbons (Fsp3) is 0.944. The maximum absolute atomic E-state index is 11.3. The van der Waals surface area contributed by atoms with Crippen molar-refractivity contribution in [3.8, 4) is 0 Å². The molecule has 0 bridgehead atoms. The number of aliphatic hydroxyl groups is 3. The molecule has 0 aromatic rings. The van der Waals surface area contributed by atoms with Crippen molar-refractivity contribution in [2.24, 2.45) is 0 Å². The van der Waals surface area contributed by atoms with Crippen LogP contribution in [0.5, 0.6) is 0 Å². The zero-order valence-electron chi connectivity index (χ0n) is 15.5. The first kappa shape index (κ1) is 22.3. The number of carbonyl (C=O) groups is 1. The molecule has 0 saturated carbocycles. The molecule has 1 heterocycles. The molecule has 148 valence electrons. The Morgan fingerprint density at radius 1 is 1.04 bits per heavy atom. The number of rotatable bonds is 12. The van der Waals surface area contributed by atoms with E-state index >= 15 is 0 Å². The van der Waals surface area contributed by atoms with Crippen molar-refractivity contribution in [1.82, 2.24) is 5.32 Å². The average Bonchev–Trinajstić information content (AvgIpc) is 2.59. The summed E-state index contributed by atoms with van der Waals surface area (Å²) in [6.45, 7) is 3.54. The van der Waals surface area contributed by atoms with Gasteiger partial charge in [0.1, 0.15) is 24.4 Å². The molecule has 7 nitrogen and oxygen atoms in total. The highest BCUT2D eigenvalue weighted by molar-refractivity contribution is 5.73. The number of amides is 1. The number of nitrogens with one attached hydrogen (secondary N) is 1. The number of ether oxygens (including phenoxy) is 2. The molecule has 0 aromatic heterocycles. The first-order valence-corrected chi connectivity index (χ1v) is 9.52. The van der Waals surface area contributed by atoms with E-state index in [4.69, 9.17) is 9.47 Å². The van der Waals surface area contributed by atoms with Gasteiger partial charge >= 0.3 is 0 Å². The van der Waals surface area contributed by atoms with Crippen molar-refractivity contribution in [2.75, 3.05) is 13.2 Å². The summed E-state index contributed by atoms with van der Waals surface area (Å²) in [5, 5.41) is 31.9. The van der Waals surface area contributed by atoms with Crippen molar-refractivity contribution < 1.29 is 29.6 Å². The van der Waals surface area contributed by atoms with E-state index in [1.54, 1.807) is 0 Å². The molecule has 5 atom stereocenters. The average molecular weight is 361 g/mol. The van der Waals surface area contributed by atoms with Gasteiger partial charge in [0.2, 0.25) is 5.91 Å². The molecule has 1 fully saturated rings. The summed E-state index contributed by atoms with van der Waals surface area (Å²) in [5.74, 6) is -0.344. The number of hydrogen-bond acceptors (Lipinski definition) is 6. The standard InChI is InChI=1S/C18H35NO6/c1-3-4-5-6-7-8-9-10-11-24-18-15(19-13(2)21)17(23)16(22)14(12-20)25-18/h14-18,20,22-23H,3-12H2,1-2H3,(H,19,21)/t14-,15-,16-,17-,18?/m1/s1. The second kappa shape index (κ2) is 12.6. The van der Waals surface area contributed by atoms with Crippen molar-refractivity contribution in [1.29, 1.82) is 0 Å². The Kier molecular flexibility index (Phi) is 11.2. The molecule has 1 rings (SSSR count). The van der Waals surface area contributed by atoms with Crippen LogP contribution in [0.25, 0.3) is 0 Å². The van der Waals surface area contributed by atoms with Crippen molar-refractivity contribution >= 4 is 5.91 Å². The lowest BCUT2D eigenvalue weighted by molar-refractivity contribution is -0.270. The highest BCUT2D eigenvalue weighted by atomic mass is 16.7. The first-order valence-electron chi connectivity index (χ1n) is 9.52. The molecule has 1 amide bonds. The Morgan fingerprint density at radius 2 is 1.64 bits per heavy atom. The number of aliphatic hydroxyl groups excluding tert-OH is 3. The third kappa shape index (κ3) is 8.00. The fourth-order valence-corrected chi connectivity index (χ4v) is 3.05. The van der Waals surface area contributed by atoms with Crippen LogP contribution in [0.15, 0.2) is 0 Å². The van der Waals surface area contributed by atoms with E-state index in [0.717, 1.165) is 19.3 Å². The molecular formula is C18H35NO6. The second-order valence-electron chi connectivity index (χ2n) is 6.78. The van der Waals surface area contributed by atoms with Crippen molar-refractivity contribution in [3.63, 3.8) is 0 Å². The van der Waals surface area contributed by atoms with Crippen LogP contribution in [0.2, 0.25) is 0 Å². The molecule has 4 N–H and O–H groups in total. The van der Waals surface area contributed by atoms with Gasteiger partial charge in [0.25, 0.3) is 0 Å². The van der Waals surface area contributed by atoms with Crippen LogP contribution < -0.4 is 5.32 Å². The smallest absolute Gasteiger partial charge is 0.217 e. The van der Waals surface area contributed by atoms with Crippen LogP contribution in [-0.4, -0.2) is 65.1 Å². The summed E-state index contributed by atoms with van der Waals surface area (Å²) in [6, 6.07) is -0.857. The van der Waals surface area contributed by atoms with Gasteiger partial charge in [-0.25, -0.2) is 0 Å². The van der Waals surface area contributed by atoms with E-state index in [0.29, 0.717) is 6.61 Å². The fourth-order valence-electron chi connectivity index (χ4n) is 3.05. The zero-order valence-corrected chi connectivity index (χ0v) is 15.5. The van der Waals surface area contributed by atoms with Crippen LogP contribution in [0.3, 0.4) is 0 Å². The third-order valence-electron chi connectivity index (χ3n) is 4.53. The third-order valence-corrected chi connectivity index (χ3v) is 4.53. The summed E-state index contributed by atoms with van der Waals surface area (Å²) in [5.41, 5.74) is 0. The lowest BCUT2D eigenvalue weighted by atomic mass is 9.97. The molecular weight excluding hydrogens is 326 g/mol. The van der Waals surface area contributed by atoms with E-state index in [2.05, 4.69) is 12.2 Å². The summed E-state index contributed by atoms with van der Waals surface area (Å²) in [6.07, 6.45) is 5.09. The zero-order chi connectivity index (χ0) is 18.7. The molecule has 0 aromatic carbocycles. The summed E-state index contributed by atoms with van der Waals surface area (Å²) in [7, 11) is 0. The highest BCUT2D eigenvalue weighted by Crippen LogP contribution is 2.22. The molecule has 0 spiro atoms. The van der Waals surface area contributed by atoms with Gasteiger partial charge in [-0.15, -0.1) is 0 Å². The van der Waals surface area contributed by atoms with Crippen LogP contribution in [0.4, 0.5) is 0 Å². The van der Waals surface area contributed by atoms with E-state index in [1.165, 1.54) is 39.0 Å². The number of hydrogen-bond donors (Lipinski definition) is 4. The topological polar surface area (TPSA) is 108 Å². The van der Waals surface area contributed by atoms with Gasteiger partial charge in [-0.1, -0.05) is 51.9 Å². The van der Waals surface area contributed by atoms with E-state index in [1.807, 2.05) is 0 Å². The van der Waals surface area contributed by atoms with E-state index in [9.17, 15) is 20.1 Å². The Bertz CT molecular complexity index is 367. The quantitative estimate of drug-likeness (QED) is 0.388. The molecule has 0 aliphatic carbocycles. The largest absolute Gasteiger partial charge is 0.394 e. The maximum atomic E-state index is 11.3. The normalized spacial score (nSPS) is 29.6. The molecule has 7 heteroatoms. The van der Waals surface area contributed by atoms with Gasteiger partial charge in [0.15, 0.2) is 6.29 Å². The highest BCUT2D eigenvalue weighted by Gasteiger charge is 2.45. The summed E-state index contributed by atoms with van der Waals surface area (Å²) < 4.78 is 11.2. The van der Waals surface area contributed by atoms with Crippen LogP contribution in [-0.2, 0) is 14.3 Å². The Hall–Kier alpha value is -0.730. The lowest BCUT2D eigenvalue weighted by Crippen LogP contribution is -2.64. The van der Waals surface area contributed by atoms with Gasteiger partial charge in [-0.2, -0.15) is 0 Å². The second-order valence-corrected chi connectivity index (χ2v) is 6.78. The molecule has 25 heavy (non-hydrogen) atoms. The first-order chi connectivity index (χ1) is 12.0. The molecule has 0 radical (unpaired) electrons. The van der Waals surface area contributed by atoms with Gasteiger partial charge in [0, 0.05) is 13.5 Å². The monoisotopic (exact) mass is 361 g/mol. The predicted octanol–water partition coefficient (Wildman–Crippen LogP) is 1.09. The predicted molar refractivity (Wildman–Crippen MR) is 93.9 cm³/mol. The molecule has 1 aliphatic rings. The SMILES string of the molecule is CCCCCCCCCCOC1O[C@H](CO)[C@@H](O)[C@H](O)[C@H]1NC(C)=O. The minimum absolute atomic E-state index is 0.344. The lowest BCUT2D eigenvalue weighted by Gasteiger charge is -2.42. The van der Waals surface area contributed by atoms with E-state index in [-0.39, 0.29) is 5.91 Å². The van der Waals surface area contributed by atoms with Crippen LogP contribution >= 0.6 is 0 Å². The van der Waals surface area contributed by atoms with Crippen LogP contribution in [0.1, 0.15) is 65.2 Å². The van der Waals surface area contributed by atoms with Crippen LogP contribution in [0, 0.1) is 0 Å². The van der Waals surface area contributed by atoms with E-state index < -0.39 is 37.3 Å². The summed E-state index contributed by atoms with van der Waals surface area (Å²) >= 11 is 0. The Labute approximate surface area is 150 Å². The Balaban J connectivity index is 2.33. The maximum Gasteiger partial charge on any atom is 0.217 e. The van der Waals surface area contributed by atoms with Gasteiger partial charge in [0.05, 0.1) is 6.61 Å². The number of carbonyl (C=O) groups excluding carboxylic acids is 1. The minimum atomic E-state index is -1.27. The molecule has 1 unspecified atom stereocenters. The van der Waals surface area contributed by atoms with Gasteiger partial charge in [-0.3, -0.25) is 4.79 Å². The van der Waals surface area contributed by atoms with Crippen molar-refractivity contribution in [2.45, 2.75) is 95.9 Å². The van der Waals surface area contributed by atoms with Crippen molar-refractivity contribution in [3.05, 3.63) is 0 Å². The summed E-state index contributed by atoms with van der Waals surface area (Å²) in [4.78, 5) is 11.3. The molecule has 1 saturated heterocycles.